The first kappa shape index (κ1) is 13.6. The Labute approximate surface area is 117 Å². The fourth-order valence-electron chi connectivity index (χ4n) is 1.39. The van der Waals surface area contributed by atoms with Gasteiger partial charge in [-0.1, -0.05) is 23.2 Å². The molecule has 0 aliphatic heterocycles. The van der Waals surface area contributed by atoms with Crippen LogP contribution in [0.15, 0.2) is 36.4 Å². The van der Waals surface area contributed by atoms with E-state index in [1.807, 2.05) is 0 Å². The van der Waals surface area contributed by atoms with Gasteiger partial charge in [-0.2, -0.15) is 0 Å². The molecule has 0 spiro atoms. The number of nitro groups is 1. The summed E-state index contributed by atoms with van der Waals surface area (Å²) in [4.78, 5) is 10.1. The van der Waals surface area contributed by atoms with Gasteiger partial charge in [-0.3, -0.25) is 10.1 Å². The lowest BCUT2D eigenvalue weighted by Crippen LogP contribution is -1.94. The van der Waals surface area contributed by atoms with Gasteiger partial charge in [0, 0.05) is 18.2 Å². The van der Waals surface area contributed by atoms with Crippen LogP contribution in [0.4, 0.5) is 10.1 Å². The number of ether oxygens (including phenoxy) is 1. The summed E-state index contributed by atoms with van der Waals surface area (Å²) in [5.41, 5.74) is -0.340. The van der Waals surface area contributed by atoms with Crippen molar-refractivity contribution < 1.29 is 14.1 Å². The van der Waals surface area contributed by atoms with E-state index in [1.54, 1.807) is 0 Å². The van der Waals surface area contributed by atoms with Crippen molar-refractivity contribution in [2.45, 2.75) is 0 Å². The quantitative estimate of drug-likeness (QED) is 0.602. The Morgan fingerprint density at radius 3 is 2.47 bits per heavy atom. The van der Waals surface area contributed by atoms with E-state index >= 15 is 0 Å². The van der Waals surface area contributed by atoms with E-state index in [1.165, 1.54) is 18.2 Å². The van der Waals surface area contributed by atoms with E-state index in [0.29, 0.717) is 5.02 Å². The lowest BCUT2D eigenvalue weighted by molar-refractivity contribution is -0.385. The zero-order valence-corrected chi connectivity index (χ0v) is 10.8. The Kier molecular flexibility index (Phi) is 3.87. The fraction of sp³-hybridized carbons (Fsp3) is 0. The Morgan fingerprint density at radius 2 is 1.84 bits per heavy atom. The molecule has 0 N–H and O–H groups in total. The highest BCUT2D eigenvalue weighted by Gasteiger charge is 2.17. The normalized spacial score (nSPS) is 10.3. The molecule has 0 fully saturated rings. The van der Waals surface area contributed by atoms with Gasteiger partial charge < -0.3 is 4.74 Å². The van der Waals surface area contributed by atoms with Gasteiger partial charge >= 0.3 is 5.69 Å². The van der Waals surface area contributed by atoms with Gasteiger partial charge in [-0.15, -0.1) is 0 Å². The van der Waals surface area contributed by atoms with Gasteiger partial charge in [0.2, 0.25) is 5.75 Å². The first-order chi connectivity index (χ1) is 8.97. The van der Waals surface area contributed by atoms with E-state index in [0.717, 1.165) is 18.2 Å². The molecule has 4 nitrogen and oxygen atoms in total. The molecule has 0 aliphatic rings. The van der Waals surface area contributed by atoms with Crippen LogP contribution in [0, 0.1) is 15.9 Å². The van der Waals surface area contributed by atoms with E-state index in [4.69, 9.17) is 27.9 Å². The molecule has 0 saturated carbocycles. The van der Waals surface area contributed by atoms with E-state index in [-0.39, 0.29) is 22.2 Å². The molecule has 2 rings (SSSR count). The maximum absolute atomic E-state index is 13.1. The van der Waals surface area contributed by atoms with Crippen LogP contribution in [0.3, 0.4) is 0 Å². The van der Waals surface area contributed by atoms with Crippen LogP contribution in [0.2, 0.25) is 10.0 Å². The molecule has 2 aromatic carbocycles. The predicted octanol–water partition coefficient (Wildman–Crippen LogP) is 4.83. The summed E-state index contributed by atoms with van der Waals surface area (Å²) >= 11 is 11.5. The average Bonchev–Trinajstić information content (AvgIpc) is 2.33. The zero-order valence-electron chi connectivity index (χ0n) is 9.27. The van der Waals surface area contributed by atoms with Crippen LogP contribution >= 0.6 is 23.2 Å². The van der Waals surface area contributed by atoms with Crippen molar-refractivity contribution in [3.63, 3.8) is 0 Å². The summed E-state index contributed by atoms with van der Waals surface area (Å²) in [6, 6.07) is 7.29. The minimum absolute atomic E-state index is 0.205. The number of hydrogen-bond donors (Lipinski definition) is 0. The zero-order chi connectivity index (χ0) is 14.0. The second-order valence-electron chi connectivity index (χ2n) is 3.55. The number of nitro benzene ring substituents is 1. The van der Waals surface area contributed by atoms with E-state index in [9.17, 15) is 14.5 Å². The maximum Gasteiger partial charge on any atom is 0.311 e. The SMILES string of the molecule is O=[N+]([O-])c1ccc(F)cc1Oc1ccc(Cl)c(Cl)c1. The molecule has 98 valence electrons. The van der Waals surface area contributed by atoms with Crippen LogP contribution in [0.25, 0.3) is 0 Å². The third-order valence-electron chi connectivity index (χ3n) is 2.24. The topological polar surface area (TPSA) is 52.4 Å². The van der Waals surface area contributed by atoms with Crippen molar-refractivity contribution in [2.75, 3.05) is 0 Å². The molecule has 0 heterocycles. The lowest BCUT2D eigenvalue weighted by atomic mass is 10.3. The van der Waals surface area contributed by atoms with E-state index < -0.39 is 10.7 Å². The lowest BCUT2D eigenvalue weighted by Gasteiger charge is -2.07. The van der Waals surface area contributed by atoms with E-state index in [2.05, 4.69) is 0 Å². The van der Waals surface area contributed by atoms with Gasteiger partial charge in [-0.05, 0) is 18.2 Å². The van der Waals surface area contributed by atoms with Crippen LogP contribution in [0.5, 0.6) is 11.5 Å². The van der Waals surface area contributed by atoms with Crippen molar-refractivity contribution in [1.82, 2.24) is 0 Å². The molecular weight excluding hydrogens is 296 g/mol. The standard InChI is InChI=1S/C12H6Cl2FNO3/c13-9-3-2-8(6-10(9)14)19-12-5-7(15)1-4-11(12)16(17)18/h1-6H. The third kappa shape index (κ3) is 3.13. The molecule has 0 aliphatic carbocycles. The van der Waals surface area contributed by atoms with Crippen molar-refractivity contribution in [3.05, 3.63) is 62.4 Å². The minimum Gasteiger partial charge on any atom is -0.450 e. The predicted molar refractivity (Wildman–Crippen MR) is 69.6 cm³/mol. The maximum atomic E-state index is 13.1. The Morgan fingerprint density at radius 1 is 1.11 bits per heavy atom. The summed E-state index contributed by atoms with van der Waals surface area (Å²) in [6.45, 7) is 0. The van der Waals surface area contributed by atoms with Crippen molar-refractivity contribution >= 4 is 28.9 Å². The molecule has 0 amide bonds. The molecule has 7 heteroatoms. The molecule has 0 saturated heterocycles. The highest BCUT2D eigenvalue weighted by atomic mass is 35.5. The second kappa shape index (κ2) is 5.42. The third-order valence-corrected chi connectivity index (χ3v) is 2.98. The van der Waals surface area contributed by atoms with Crippen LogP contribution in [-0.4, -0.2) is 4.92 Å². The second-order valence-corrected chi connectivity index (χ2v) is 4.36. The Hall–Kier alpha value is -1.85. The number of halogens is 3. The average molecular weight is 302 g/mol. The van der Waals surface area contributed by atoms with Crippen molar-refractivity contribution in [1.29, 1.82) is 0 Å². The number of rotatable bonds is 3. The van der Waals surface area contributed by atoms with Gasteiger partial charge in [0.1, 0.15) is 11.6 Å². The van der Waals surface area contributed by atoms with Crippen LogP contribution in [-0.2, 0) is 0 Å². The van der Waals surface area contributed by atoms with Crippen LogP contribution in [0.1, 0.15) is 0 Å². The minimum atomic E-state index is -0.660. The fourth-order valence-corrected chi connectivity index (χ4v) is 1.68. The first-order valence-corrected chi connectivity index (χ1v) is 5.80. The number of hydrogen-bond acceptors (Lipinski definition) is 3. The van der Waals surface area contributed by atoms with Crippen LogP contribution < -0.4 is 4.74 Å². The number of benzene rings is 2. The van der Waals surface area contributed by atoms with Crippen molar-refractivity contribution in [3.8, 4) is 11.5 Å². The molecule has 19 heavy (non-hydrogen) atoms. The smallest absolute Gasteiger partial charge is 0.311 e. The summed E-state index contributed by atoms with van der Waals surface area (Å²) in [5, 5.41) is 11.4. The summed E-state index contributed by atoms with van der Waals surface area (Å²) < 4.78 is 18.4. The van der Waals surface area contributed by atoms with Gasteiger partial charge in [0.05, 0.1) is 15.0 Å². The highest BCUT2D eigenvalue weighted by molar-refractivity contribution is 6.42. The van der Waals surface area contributed by atoms with Gasteiger partial charge in [0.25, 0.3) is 0 Å². The Balaban J connectivity index is 2.39. The molecule has 2 aromatic rings. The molecule has 0 bridgehead atoms. The largest absolute Gasteiger partial charge is 0.450 e. The summed E-state index contributed by atoms with van der Waals surface area (Å²) in [5.74, 6) is -0.618. The molecule has 0 atom stereocenters. The van der Waals surface area contributed by atoms with Gasteiger partial charge in [-0.25, -0.2) is 4.39 Å². The molecule has 0 aromatic heterocycles. The highest BCUT2D eigenvalue weighted by Crippen LogP contribution is 2.34. The summed E-state index contributed by atoms with van der Waals surface area (Å²) in [6.07, 6.45) is 0. The Bertz CT molecular complexity index is 649. The first-order valence-electron chi connectivity index (χ1n) is 5.04. The molecule has 0 radical (unpaired) electrons. The van der Waals surface area contributed by atoms with Crippen molar-refractivity contribution in [2.24, 2.45) is 0 Å². The number of nitrogens with zero attached hydrogens (tertiary/aromatic N) is 1. The van der Waals surface area contributed by atoms with Gasteiger partial charge in [0.15, 0.2) is 0 Å². The monoisotopic (exact) mass is 301 g/mol. The molecular formula is C12H6Cl2FNO3. The molecule has 0 unspecified atom stereocenters. The summed E-state index contributed by atoms with van der Waals surface area (Å²) in [7, 11) is 0.